The van der Waals surface area contributed by atoms with Crippen molar-refractivity contribution in [1.29, 1.82) is 0 Å². The second kappa shape index (κ2) is 8.12. The lowest BCUT2D eigenvalue weighted by Crippen LogP contribution is -2.39. The van der Waals surface area contributed by atoms with E-state index in [1.54, 1.807) is 4.90 Å². The third-order valence-corrected chi connectivity index (χ3v) is 4.55. The van der Waals surface area contributed by atoms with Crippen LogP contribution in [0.1, 0.15) is 24.5 Å². The van der Waals surface area contributed by atoms with E-state index in [0.717, 1.165) is 28.3 Å². The molecule has 0 aromatic heterocycles. The Kier molecular flexibility index (Phi) is 5.64. The standard InChI is InChI=1S/C21H25N3O3/c1-4-27-18-8-6-17(7-9-18)24-13-16(12-20(24)25)22-21(26)23-19-10-5-14(2)11-15(19)3/h5-11,16H,4,12-13H2,1-3H3,(H2,22,23,26)/t16-/m0/s1. The second-order valence-corrected chi connectivity index (χ2v) is 6.75. The SMILES string of the molecule is CCOc1ccc(N2C[C@@H](NC(=O)Nc3ccc(C)cc3C)CC2=O)cc1. The summed E-state index contributed by atoms with van der Waals surface area (Å²) >= 11 is 0. The van der Waals surface area contributed by atoms with Gasteiger partial charge in [-0.1, -0.05) is 17.7 Å². The van der Waals surface area contributed by atoms with Gasteiger partial charge in [-0.25, -0.2) is 4.79 Å². The molecule has 6 heteroatoms. The van der Waals surface area contributed by atoms with Gasteiger partial charge in [0, 0.05) is 24.3 Å². The molecule has 2 N–H and O–H groups in total. The van der Waals surface area contributed by atoms with Crippen LogP contribution >= 0.6 is 0 Å². The fourth-order valence-electron chi connectivity index (χ4n) is 3.24. The van der Waals surface area contributed by atoms with Crippen molar-refractivity contribution in [3.63, 3.8) is 0 Å². The Morgan fingerprint density at radius 2 is 1.93 bits per heavy atom. The summed E-state index contributed by atoms with van der Waals surface area (Å²) in [5.74, 6) is 0.770. The van der Waals surface area contributed by atoms with Gasteiger partial charge >= 0.3 is 6.03 Å². The van der Waals surface area contributed by atoms with Crippen molar-refractivity contribution < 1.29 is 14.3 Å². The highest BCUT2D eigenvalue weighted by Crippen LogP contribution is 2.24. The molecule has 0 radical (unpaired) electrons. The van der Waals surface area contributed by atoms with E-state index in [1.807, 2.05) is 63.2 Å². The van der Waals surface area contributed by atoms with Crippen LogP contribution in [-0.2, 0) is 4.79 Å². The zero-order chi connectivity index (χ0) is 19.4. The van der Waals surface area contributed by atoms with E-state index in [2.05, 4.69) is 10.6 Å². The van der Waals surface area contributed by atoms with Crippen LogP contribution in [0.25, 0.3) is 0 Å². The molecular formula is C21H25N3O3. The number of carbonyl (C=O) groups excluding carboxylic acids is 2. The zero-order valence-corrected chi connectivity index (χ0v) is 15.9. The third kappa shape index (κ3) is 4.58. The number of anilines is 2. The van der Waals surface area contributed by atoms with Gasteiger partial charge in [0.1, 0.15) is 5.75 Å². The molecule has 0 spiro atoms. The van der Waals surface area contributed by atoms with Crippen molar-refractivity contribution in [2.45, 2.75) is 33.2 Å². The Balaban J connectivity index is 1.59. The number of hydrogen-bond donors (Lipinski definition) is 2. The number of nitrogens with one attached hydrogen (secondary N) is 2. The number of amides is 3. The van der Waals surface area contributed by atoms with E-state index >= 15 is 0 Å². The van der Waals surface area contributed by atoms with Crippen LogP contribution in [0.3, 0.4) is 0 Å². The fraction of sp³-hybridized carbons (Fsp3) is 0.333. The molecule has 1 aliphatic rings. The van der Waals surface area contributed by atoms with Crippen LogP contribution < -0.4 is 20.3 Å². The fourth-order valence-corrected chi connectivity index (χ4v) is 3.24. The van der Waals surface area contributed by atoms with Crippen molar-refractivity contribution in [1.82, 2.24) is 5.32 Å². The Bertz CT molecular complexity index is 833. The van der Waals surface area contributed by atoms with Gasteiger partial charge < -0.3 is 20.3 Å². The lowest BCUT2D eigenvalue weighted by Gasteiger charge is -2.18. The van der Waals surface area contributed by atoms with Gasteiger partial charge in [-0.2, -0.15) is 0 Å². The zero-order valence-electron chi connectivity index (χ0n) is 15.9. The van der Waals surface area contributed by atoms with E-state index in [9.17, 15) is 9.59 Å². The Labute approximate surface area is 159 Å². The number of benzene rings is 2. The largest absolute Gasteiger partial charge is 0.494 e. The van der Waals surface area contributed by atoms with Crippen LogP contribution in [-0.4, -0.2) is 31.1 Å². The van der Waals surface area contributed by atoms with Gasteiger partial charge in [-0.15, -0.1) is 0 Å². The van der Waals surface area contributed by atoms with Crippen molar-refractivity contribution in [2.24, 2.45) is 0 Å². The number of carbonyl (C=O) groups is 2. The smallest absolute Gasteiger partial charge is 0.319 e. The lowest BCUT2D eigenvalue weighted by atomic mass is 10.1. The molecule has 3 amide bonds. The minimum Gasteiger partial charge on any atom is -0.494 e. The van der Waals surface area contributed by atoms with Gasteiger partial charge in [-0.3, -0.25) is 4.79 Å². The Morgan fingerprint density at radius 1 is 1.19 bits per heavy atom. The molecule has 6 nitrogen and oxygen atoms in total. The molecule has 0 aliphatic carbocycles. The maximum absolute atomic E-state index is 12.4. The van der Waals surface area contributed by atoms with Gasteiger partial charge in [0.25, 0.3) is 0 Å². The molecule has 1 saturated heterocycles. The number of hydrogen-bond acceptors (Lipinski definition) is 3. The second-order valence-electron chi connectivity index (χ2n) is 6.75. The molecule has 142 valence electrons. The van der Waals surface area contributed by atoms with E-state index in [4.69, 9.17) is 4.74 Å². The predicted molar refractivity (Wildman–Crippen MR) is 106 cm³/mol. The maximum Gasteiger partial charge on any atom is 0.319 e. The first kappa shape index (κ1) is 18.8. The monoisotopic (exact) mass is 367 g/mol. The van der Waals surface area contributed by atoms with Gasteiger partial charge in [0.15, 0.2) is 0 Å². The summed E-state index contributed by atoms with van der Waals surface area (Å²) in [6, 6.07) is 12.7. The van der Waals surface area contributed by atoms with Crippen LogP contribution in [0.4, 0.5) is 16.2 Å². The average molecular weight is 367 g/mol. The number of aryl methyl sites for hydroxylation is 2. The van der Waals surface area contributed by atoms with Gasteiger partial charge in [0.2, 0.25) is 5.91 Å². The molecule has 0 unspecified atom stereocenters. The summed E-state index contributed by atoms with van der Waals surface area (Å²) in [6.07, 6.45) is 0.285. The molecule has 1 aliphatic heterocycles. The van der Waals surface area contributed by atoms with Crippen LogP contribution in [0.5, 0.6) is 5.75 Å². The summed E-state index contributed by atoms with van der Waals surface area (Å²) in [5.41, 5.74) is 3.72. The minimum absolute atomic E-state index is 0.00373. The molecular weight excluding hydrogens is 342 g/mol. The first-order chi connectivity index (χ1) is 13.0. The number of ether oxygens (including phenoxy) is 1. The predicted octanol–water partition coefficient (Wildman–Crippen LogP) is 3.63. The van der Waals surface area contributed by atoms with Gasteiger partial charge in [-0.05, 0) is 56.7 Å². The summed E-state index contributed by atoms with van der Waals surface area (Å²) in [6.45, 7) is 6.94. The molecule has 1 heterocycles. The van der Waals surface area contributed by atoms with Gasteiger partial charge in [0.05, 0.1) is 12.6 Å². The lowest BCUT2D eigenvalue weighted by molar-refractivity contribution is -0.117. The molecule has 27 heavy (non-hydrogen) atoms. The molecule has 2 aromatic carbocycles. The summed E-state index contributed by atoms with van der Waals surface area (Å²) in [5, 5.41) is 5.75. The topological polar surface area (TPSA) is 70.7 Å². The van der Waals surface area contributed by atoms with Crippen molar-refractivity contribution in [3.05, 3.63) is 53.6 Å². The number of urea groups is 1. The van der Waals surface area contributed by atoms with Crippen LogP contribution in [0, 0.1) is 13.8 Å². The average Bonchev–Trinajstić information content (AvgIpc) is 2.98. The molecule has 1 atom stereocenters. The van der Waals surface area contributed by atoms with Crippen molar-refractivity contribution >= 4 is 23.3 Å². The molecule has 3 rings (SSSR count). The number of rotatable bonds is 5. The van der Waals surface area contributed by atoms with E-state index in [0.29, 0.717) is 13.2 Å². The summed E-state index contributed by atoms with van der Waals surface area (Å²) < 4.78 is 5.43. The Hall–Kier alpha value is -3.02. The molecule has 2 aromatic rings. The highest BCUT2D eigenvalue weighted by molar-refractivity contribution is 5.97. The molecule has 0 saturated carbocycles. The van der Waals surface area contributed by atoms with E-state index in [1.165, 1.54) is 0 Å². The molecule has 1 fully saturated rings. The quantitative estimate of drug-likeness (QED) is 0.848. The minimum atomic E-state index is -0.298. The Morgan fingerprint density at radius 3 is 2.59 bits per heavy atom. The highest BCUT2D eigenvalue weighted by Gasteiger charge is 2.31. The maximum atomic E-state index is 12.4. The number of nitrogens with zero attached hydrogens (tertiary/aromatic N) is 1. The third-order valence-electron chi connectivity index (χ3n) is 4.55. The summed E-state index contributed by atoms with van der Waals surface area (Å²) in [4.78, 5) is 26.3. The summed E-state index contributed by atoms with van der Waals surface area (Å²) in [7, 11) is 0. The van der Waals surface area contributed by atoms with Crippen LogP contribution in [0.2, 0.25) is 0 Å². The highest BCUT2D eigenvalue weighted by atomic mass is 16.5. The first-order valence-electron chi connectivity index (χ1n) is 9.14. The van der Waals surface area contributed by atoms with Crippen molar-refractivity contribution in [3.8, 4) is 5.75 Å². The van der Waals surface area contributed by atoms with Crippen molar-refractivity contribution in [2.75, 3.05) is 23.4 Å². The first-order valence-corrected chi connectivity index (χ1v) is 9.14. The van der Waals surface area contributed by atoms with Crippen LogP contribution in [0.15, 0.2) is 42.5 Å². The normalized spacial score (nSPS) is 16.3. The molecule has 0 bridgehead atoms. The van der Waals surface area contributed by atoms with E-state index < -0.39 is 0 Å². The van der Waals surface area contributed by atoms with E-state index in [-0.39, 0.29) is 24.4 Å².